The third-order valence-electron chi connectivity index (χ3n) is 2.66. The number of benzene rings is 1. The highest BCUT2D eigenvalue weighted by atomic mass is 16.5. The third kappa shape index (κ3) is 6.31. The van der Waals surface area contributed by atoms with E-state index in [4.69, 9.17) is 10.5 Å². The maximum absolute atomic E-state index is 11.3. The van der Waals surface area contributed by atoms with Crippen LogP contribution in [0.5, 0.6) is 0 Å². The Labute approximate surface area is 118 Å². The summed E-state index contributed by atoms with van der Waals surface area (Å²) in [4.78, 5) is 21.8. The maximum Gasteiger partial charge on any atom is 0.309 e. The topological polar surface area (TPSA) is 90.7 Å². The Morgan fingerprint density at radius 2 is 1.95 bits per heavy atom. The average molecular weight is 280 g/mol. The van der Waals surface area contributed by atoms with Gasteiger partial charge in [-0.1, -0.05) is 24.3 Å². The van der Waals surface area contributed by atoms with Crippen molar-refractivity contribution in [3.8, 4) is 0 Å². The minimum atomic E-state index is -0.478. The van der Waals surface area contributed by atoms with Gasteiger partial charge in [0.2, 0.25) is 5.91 Å². The van der Waals surface area contributed by atoms with Crippen LogP contribution in [-0.4, -0.2) is 38.7 Å². The predicted octanol–water partition coefficient (Wildman–Crippen LogP) is -0.00640. The van der Waals surface area contributed by atoms with Crippen LogP contribution in [0.25, 0.3) is 0 Å². The van der Waals surface area contributed by atoms with Crippen molar-refractivity contribution >= 4 is 11.9 Å². The van der Waals surface area contributed by atoms with Crippen molar-refractivity contribution in [3.63, 3.8) is 0 Å². The van der Waals surface area contributed by atoms with Crippen LogP contribution in [0.3, 0.4) is 0 Å². The fraction of sp³-hybridized carbons (Fsp3) is 0.429. The number of nitrogens with two attached hydrogens (primary N) is 1. The van der Waals surface area contributed by atoms with E-state index in [1.54, 1.807) is 0 Å². The first-order chi connectivity index (χ1) is 9.63. The van der Waals surface area contributed by atoms with E-state index in [1.807, 2.05) is 24.3 Å². The van der Waals surface area contributed by atoms with E-state index in [-0.39, 0.29) is 19.0 Å². The Hall–Kier alpha value is -1.92. The first-order valence-corrected chi connectivity index (χ1v) is 6.34. The van der Waals surface area contributed by atoms with E-state index in [0.29, 0.717) is 19.7 Å². The van der Waals surface area contributed by atoms with Crippen molar-refractivity contribution in [1.82, 2.24) is 5.32 Å². The van der Waals surface area contributed by atoms with Crippen LogP contribution in [0.2, 0.25) is 0 Å². The zero-order chi connectivity index (χ0) is 14.8. The molecule has 6 nitrogen and oxygen atoms in total. The molecule has 0 radical (unpaired) electrons. The predicted molar refractivity (Wildman–Crippen MR) is 73.9 cm³/mol. The molecule has 20 heavy (non-hydrogen) atoms. The lowest BCUT2D eigenvalue weighted by molar-refractivity contribution is -0.139. The zero-order valence-electron chi connectivity index (χ0n) is 11.6. The van der Waals surface area contributed by atoms with Gasteiger partial charge in [-0.3, -0.25) is 9.59 Å². The van der Waals surface area contributed by atoms with Crippen molar-refractivity contribution in [2.45, 2.75) is 13.0 Å². The molecule has 0 fully saturated rings. The summed E-state index contributed by atoms with van der Waals surface area (Å²) in [5.74, 6) is -0.740. The molecule has 3 N–H and O–H groups in total. The Morgan fingerprint density at radius 3 is 2.60 bits per heavy atom. The number of rotatable bonds is 9. The molecule has 0 saturated heterocycles. The fourth-order valence-electron chi connectivity index (χ4n) is 1.67. The van der Waals surface area contributed by atoms with E-state index < -0.39 is 5.91 Å². The number of methoxy groups -OCH3 is 1. The molecule has 0 saturated carbocycles. The molecular formula is C14H20N2O4. The van der Waals surface area contributed by atoms with Gasteiger partial charge in [-0.15, -0.1) is 0 Å². The number of hydrogen-bond donors (Lipinski definition) is 2. The minimum absolute atomic E-state index is 0.0688. The number of ether oxygens (including phenoxy) is 2. The molecule has 6 heteroatoms. The summed E-state index contributed by atoms with van der Waals surface area (Å²) in [6.45, 7) is 1.55. The Bertz CT molecular complexity index is 449. The molecule has 0 bridgehead atoms. The van der Waals surface area contributed by atoms with Gasteiger partial charge < -0.3 is 20.5 Å². The summed E-state index contributed by atoms with van der Waals surface area (Å²) >= 11 is 0. The number of primary amides is 1. The normalized spacial score (nSPS) is 10.2. The standard InChI is InChI=1S/C14H20N2O4/c1-19-14(18)8-11-4-2-3-5-12(11)9-16-6-7-20-10-13(15)17/h2-5,16H,6-10H2,1H3,(H2,15,17). The minimum Gasteiger partial charge on any atom is -0.469 e. The molecular weight excluding hydrogens is 260 g/mol. The van der Waals surface area contributed by atoms with Crippen LogP contribution >= 0.6 is 0 Å². The highest BCUT2D eigenvalue weighted by molar-refractivity contribution is 5.75. The molecule has 0 aliphatic carbocycles. The van der Waals surface area contributed by atoms with Crippen molar-refractivity contribution in [2.75, 3.05) is 26.9 Å². The van der Waals surface area contributed by atoms with Gasteiger partial charge in [0.1, 0.15) is 6.61 Å². The molecule has 0 atom stereocenters. The SMILES string of the molecule is COC(=O)Cc1ccccc1CNCCOCC(N)=O. The van der Waals surface area contributed by atoms with Gasteiger partial charge in [-0.05, 0) is 11.1 Å². The Morgan fingerprint density at radius 1 is 1.25 bits per heavy atom. The fourth-order valence-corrected chi connectivity index (χ4v) is 1.67. The number of amides is 1. The number of esters is 1. The third-order valence-corrected chi connectivity index (χ3v) is 2.66. The lowest BCUT2D eigenvalue weighted by Gasteiger charge is -2.10. The molecule has 0 aromatic heterocycles. The van der Waals surface area contributed by atoms with Crippen LogP contribution < -0.4 is 11.1 Å². The molecule has 1 amide bonds. The number of carbonyl (C=O) groups is 2. The van der Waals surface area contributed by atoms with Gasteiger partial charge in [0.25, 0.3) is 0 Å². The lowest BCUT2D eigenvalue weighted by Crippen LogP contribution is -2.24. The Kier molecular flexibility index (Phi) is 7.31. The van der Waals surface area contributed by atoms with Crippen LogP contribution in [0, 0.1) is 0 Å². The monoisotopic (exact) mass is 280 g/mol. The summed E-state index contributed by atoms with van der Waals surface area (Å²) in [6, 6.07) is 7.66. The van der Waals surface area contributed by atoms with Crippen molar-refractivity contribution in [2.24, 2.45) is 5.73 Å². The second-order valence-electron chi connectivity index (χ2n) is 4.22. The van der Waals surface area contributed by atoms with Gasteiger partial charge in [0, 0.05) is 13.1 Å². The van der Waals surface area contributed by atoms with Crippen LogP contribution in [0.4, 0.5) is 0 Å². The van der Waals surface area contributed by atoms with Crippen LogP contribution in [-0.2, 0) is 32.0 Å². The Balaban J connectivity index is 2.36. The lowest BCUT2D eigenvalue weighted by atomic mass is 10.0. The second kappa shape index (κ2) is 9.06. The van der Waals surface area contributed by atoms with Gasteiger partial charge in [-0.25, -0.2) is 0 Å². The maximum atomic E-state index is 11.3. The number of carbonyl (C=O) groups excluding carboxylic acids is 2. The molecule has 0 aliphatic heterocycles. The van der Waals surface area contributed by atoms with E-state index in [1.165, 1.54) is 7.11 Å². The average Bonchev–Trinajstić information content (AvgIpc) is 2.43. The summed E-state index contributed by atoms with van der Waals surface area (Å²) in [5.41, 5.74) is 6.92. The van der Waals surface area contributed by atoms with E-state index in [0.717, 1.165) is 11.1 Å². The first kappa shape index (κ1) is 16.1. The van der Waals surface area contributed by atoms with Crippen LogP contribution in [0.15, 0.2) is 24.3 Å². The summed E-state index contributed by atoms with van der Waals surface area (Å²) in [5, 5.41) is 3.18. The smallest absolute Gasteiger partial charge is 0.309 e. The largest absolute Gasteiger partial charge is 0.469 e. The van der Waals surface area contributed by atoms with Crippen molar-refractivity contribution < 1.29 is 19.1 Å². The molecule has 1 aromatic rings. The molecule has 0 heterocycles. The zero-order valence-corrected chi connectivity index (χ0v) is 11.6. The van der Waals surface area contributed by atoms with Crippen molar-refractivity contribution in [1.29, 1.82) is 0 Å². The summed E-state index contributed by atoms with van der Waals surface area (Å²) in [7, 11) is 1.37. The second-order valence-corrected chi connectivity index (χ2v) is 4.22. The molecule has 1 aromatic carbocycles. The van der Waals surface area contributed by atoms with Gasteiger partial charge in [0.15, 0.2) is 0 Å². The quantitative estimate of drug-likeness (QED) is 0.490. The highest BCUT2D eigenvalue weighted by Crippen LogP contribution is 2.09. The summed E-state index contributed by atoms with van der Waals surface area (Å²) in [6.07, 6.45) is 0.256. The van der Waals surface area contributed by atoms with Crippen LogP contribution in [0.1, 0.15) is 11.1 Å². The molecule has 0 spiro atoms. The van der Waals surface area contributed by atoms with E-state index in [2.05, 4.69) is 10.1 Å². The molecule has 110 valence electrons. The van der Waals surface area contributed by atoms with E-state index in [9.17, 15) is 9.59 Å². The molecule has 1 rings (SSSR count). The highest BCUT2D eigenvalue weighted by Gasteiger charge is 2.07. The van der Waals surface area contributed by atoms with Gasteiger partial charge in [-0.2, -0.15) is 0 Å². The van der Waals surface area contributed by atoms with Gasteiger partial charge >= 0.3 is 5.97 Å². The molecule has 0 aliphatic rings. The van der Waals surface area contributed by atoms with Gasteiger partial charge in [0.05, 0.1) is 20.1 Å². The van der Waals surface area contributed by atoms with Crippen molar-refractivity contribution in [3.05, 3.63) is 35.4 Å². The number of nitrogens with one attached hydrogen (secondary N) is 1. The first-order valence-electron chi connectivity index (χ1n) is 6.34. The van der Waals surface area contributed by atoms with E-state index >= 15 is 0 Å². The molecule has 0 unspecified atom stereocenters. The summed E-state index contributed by atoms with van der Waals surface area (Å²) < 4.78 is 9.70. The number of hydrogen-bond acceptors (Lipinski definition) is 5.